The van der Waals surface area contributed by atoms with Crippen LogP contribution in [0.15, 0.2) is 18.2 Å². The maximum atomic E-state index is 13.7. The van der Waals surface area contributed by atoms with Crippen LogP contribution in [0.1, 0.15) is 30.9 Å². The quantitative estimate of drug-likeness (QED) is 0.846. The summed E-state index contributed by atoms with van der Waals surface area (Å²) in [5.74, 6) is -0.836. The van der Waals surface area contributed by atoms with Crippen LogP contribution in [0.5, 0.6) is 0 Å². The highest BCUT2D eigenvalue weighted by atomic mass is 19.4. The summed E-state index contributed by atoms with van der Waals surface area (Å²) in [7, 11) is 0. The molecule has 0 atom stereocenters. The topological polar surface area (TPSA) is 23.5 Å². The predicted molar refractivity (Wildman–Crippen MR) is 66.5 cm³/mol. The highest BCUT2D eigenvalue weighted by Crippen LogP contribution is 2.31. The van der Waals surface area contributed by atoms with Gasteiger partial charge in [0.25, 0.3) is 0 Å². The van der Waals surface area contributed by atoms with Crippen LogP contribution < -0.4 is 0 Å². The Morgan fingerprint density at radius 3 is 2.35 bits per heavy atom. The molecule has 0 saturated carbocycles. The Hall–Kier alpha value is -1.14. The summed E-state index contributed by atoms with van der Waals surface area (Å²) < 4.78 is 51.0. The van der Waals surface area contributed by atoms with E-state index >= 15 is 0 Å². The van der Waals surface area contributed by atoms with E-state index in [1.165, 1.54) is 6.07 Å². The van der Waals surface area contributed by atoms with Crippen molar-refractivity contribution in [2.24, 2.45) is 0 Å². The highest BCUT2D eigenvalue weighted by molar-refractivity contribution is 5.26. The average molecular weight is 291 g/mol. The van der Waals surface area contributed by atoms with Crippen LogP contribution in [0, 0.1) is 5.82 Å². The van der Waals surface area contributed by atoms with Gasteiger partial charge in [-0.25, -0.2) is 4.39 Å². The molecule has 0 amide bonds. The Morgan fingerprint density at radius 2 is 1.85 bits per heavy atom. The van der Waals surface area contributed by atoms with Crippen molar-refractivity contribution in [3.63, 3.8) is 0 Å². The zero-order valence-electron chi connectivity index (χ0n) is 11.2. The number of nitrogens with zero attached hydrogens (tertiary/aromatic N) is 1. The normalized spacial score (nSPS) is 20.1. The van der Waals surface area contributed by atoms with Crippen molar-refractivity contribution in [3.8, 4) is 0 Å². The van der Waals surface area contributed by atoms with Gasteiger partial charge in [0.05, 0.1) is 11.2 Å². The molecule has 0 bridgehead atoms. The molecule has 2 nitrogen and oxygen atoms in total. The minimum atomic E-state index is -4.52. The highest BCUT2D eigenvalue weighted by Gasteiger charge is 2.32. The Labute approximate surface area is 115 Å². The summed E-state index contributed by atoms with van der Waals surface area (Å²) in [5.41, 5.74) is -1.42. The largest absolute Gasteiger partial charge is 0.416 e. The molecule has 6 heteroatoms. The molecule has 1 aromatic rings. The molecule has 1 fully saturated rings. The summed E-state index contributed by atoms with van der Waals surface area (Å²) in [4.78, 5) is 1.93. The lowest BCUT2D eigenvalue weighted by Crippen LogP contribution is -2.42. The van der Waals surface area contributed by atoms with Crippen LogP contribution in [-0.4, -0.2) is 28.7 Å². The maximum Gasteiger partial charge on any atom is 0.416 e. The number of alkyl halides is 3. The van der Waals surface area contributed by atoms with E-state index in [1.54, 1.807) is 6.92 Å². The second kappa shape index (κ2) is 5.33. The van der Waals surface area contributed by atoms with Gasteiger partial charge in [-0.1, -0.05) is 6.07 Å². The van der Waals surface area contributed by atoms with Crippen molar-refractivity contribution >= 4 is 0 Å². The number of likely N-dealkylation sites (tertiary alicyclic amines) is 1. The third kappa shape index (κ3) is 3.70. The second-order valence-corrected chi connectivity index (χ2v) is 5.58. The smallest absolute Gasteiger partial charge is 0.390 e. The lowest BCUT2D eigenvalue weighted by Gasteiger charge is -2.35. The molecular weight excluding hydrogens is 274 g/mol. The second-order valence-electron chi connectivity index (χ2n) is 5.58. The minimum absolute atomic E-state index is 0.250. The molecule has 20 heavy (non-hydrogen) atoms. The van der Waals surface area contributed by atoms with Gasteiger partial charge in [0.1, 0.15) is 5.82 Å². The average Bonchev–Trinajstić information content (AvgIpc) is 2.33. The zero-order chi connectivity index (χ0) is 15.0. The van der Waals surface area contributed by atoms with E-state index in [2.05, 4.69) is 0 Å². The van der Waals surface area contributed by atoms with Crippen LogP contribution >= 0.6 is 0 Å². The monoisotopic (exact) mass is 291 g/mol. The first-order chi connectivity index (χ1) is 9.17. The third-order valence-corrected chi connectivity index (χ3v) is 3.71. The Balaban J connectivity index is 2.04. The van der Waals surface area contributed by atoms with Gasteiger partial charge < -0.3 is 5.11 Å². The van der Waals surface area contributed by atoms with E-state index in [1.807, 2.05) is 4.90 Å². The number of piperidine rings is 1. The third-order valence-electron chi connectivity index (χ3n) is 3.71. The molecule has 0 unspecified atom stereocenters. The fourth-order valence-corrected chi connectivity index (χ4v) is 2.29. The maximum absolute atomic E-state index is 13.7. The molecule has 0 aromatic heterocycles. The van der Waals surface area contributed by atoms with Gasteiger partial charge in [0.15, 0.2) is 0 Å². The lowest BCUT2D eigenvalue weighted by molar-refractivity contribution is -0.137. The van der Waals surface area contributed by atoms with Crippen LogP contribution in [0.4, 0.5) is 17.6 Å². The van der Waals surface area contributed by atoms with Gasteiger partial charge in [-0.3, -0.25) is 4.90 Å². The Kier molecular flexibility index (Phi) is 4.07. The first-order valence-corrected chi connectivity index (χ1v) is 6.48. The van der Waals surface area contributed by atoms with Crippen molar-refractivity contribution < 1.29 is 22.7 Å². The molecule has 2 rings (SSSR count). The molecular formula is C14H17F4NO. The summed E-state index contributed by atoms with van der Waals surface area (Å²) in [6.07, 6.45) is -3.37. The lowest BCUT2D eigenvalue weighted by atomic mass is 9.93. The molecule has 1 aliphatic rings. The van der Waals surface area contributed by atoms with E-state index in [0.29, 0.717) is 32.0 Å². The molecule has 1 heterocycles. The van der Waals surface area contributed by atoms with E-state index in [0.717, 1.165) is 6.07 Å². The van der Waals surface area contributed by atoms with Crippen molar-refractivity contribution in [1.29, 1.82) is 0 Å². The van der Waals surface area contributed by atoms with Crippen LogP contribution in [0.3, 0.4) is 0 Å². The predicted octanol–water partition coefficient (Wildman–Crippen LogP) is 3.19. The molecule has 1 N–H and O–H groups in total. The van der Waals surface area contributed by atoms with Crippen molar-refractivity contribution in [1.82, 2.24) is 4.90 Å². The van der Waals surface area contributed by atoms with Gasteiger partial charge in [-0.15, -0.1) is 0 Å². The van der Waals surface area contributed by atoms with Gasteiger partial charge in [-0.2, -0.15) is 13.2 Å². The van der Waals surface area contributed by atoms with E-state index in [-0.39, 0.29) is 12.1 Å². The van der Waals surface area contributed by atoms with Crippen LogP contribution in [0.25, 0.3) is 0 Å². The summed E-state index contributed by atoms with van der Waals surface area (Å²) in [5, 5.41) is 9.81. The van der Waals surface area contributed by atoms with Crippen molar-refractivity contribution in [2.45, 2.75) is 38.1 Å². The van der Waals surface area contributed by atoms with Crippen molar-refractivity contribution in [3.05, 3.63) is 35.1 Å². The first kappa shape index (κ1) is 15.3. The number of benzene rings is 1. The number of hydrogen-bond acceptors (Lipinski definition) is 2. The van der Waals surface area contributed by atoms with Gasteiger partial charge in [0, 0.05) is 25.2 Å². The van der Waals surface area contributed by atoms with Gasteiger partial charge in [-0.05, 0) is 31.9 Å². The Bertz CT molecular complexity index is 475. The molecule has 0 radical (unpaired) electrons. The number of aliphatic hydroxyl groups is 1. The van der Waals surface area contributed by atoms with Gasteiger partial charge in [0.2, 0.25) is 0 Å². The Morgan fingerprint density at radius 1 is 1.25 bits per heavy atom. The van der Waals surface area contributed by atoms with Crippen LogP contribution in [-0.2, 0) is 12.7 Å². The van der Waals surface area contributed by atoms with Crippen LogP contribution in [0.2, 0.25) is 0 Å². The van der Waals surface area contributed by atoms with Gasteiger partial charge >= 0.3 is 6.18 Å². The molecule has 1 aromatic carbocycles. The van der Waals surface area contributed by atoms with Crippen molar-refractivity contribution in [2.75, 3.05) is 13.1 Å². The number of rotatable bonds is 2. The van der Waals surface area contributed by atoms with E-state index in [9.17, 15) is 22.7 Å². The van der Waals surface area contributed by atoms with E-state index in [4.69, 9.17) is 0 Å². The number of hydrogen-bond donors (Lipinski definition) is 1. The standard InChI is InChI=1S/C14H17F4NO/c1-13(20)4-6-19(7-5-13)9-10-2-3-11(8-12(10)15)14(16,17)18/h2-3,8,20H,4-7,9H2,1H3. The zero-order valence-corrected chi connectivity index (χ0v) is 11.2. The fourth-order valence-electron chi connectivity index (χ4n) is 2.29. The number of halogens is 4. The molecule has 112 valence electrons. The summed E-state index contributed by atoms with van der Waals surface area (Å²) in [6, 6.07) is 2.62. The molecule has 0 spiro atoms. The van der Waals surface area contributed by atoms with E-state index < -0.39 is 23.2 Å². The molecule has 1 saturated heterocycles. The molecule has 1 aliphatic heterocycles. The fraction of sp³-hybridized carbons (Fsp3) is 0.571. The first-order valence-electron chi connectivity index (χ1n) is 6.48. The molecule has 0 aliphatic carbocycles. The summed E-state index contributed by atoms with van der Waals surface area (Å²) >= 11 is 0. The minimum Gasteiger partial charge on any atom is -0.390 e. The summed E-state index contributed by atoms with van der Waals surface area (Å²) in [6.45, 7) is 3.23. The SMILES string of the molecule is CC1(O)CCN(Cc2ccc(C(F)(F)F)cc2F)CC1.